The summed E-state index contributed by atoms with van der Waals surface area (Å²) in [5.41, 5.74) is 0. The lowest BCUT2D eigenvalue weighted by atomic mass is 9.69. The molecule has 0 bridgehead atoms. The van der Waals surface area contributed by atoms with Gasteiger partial charge >= 0.3 is 5.97 Å². The van der Waals surface area contributed by atoms with Crippen LogP contribution in [0.15, 0.2) is 0 Å². The van der Waals surface area contributed by atoms with Crippen LogP contribution in [-0.4, -0.2) is 42.3 Å². The van der Waals surface area contributed by atoms with Crippen molar-refractivity contribution in [3.8, 4) is 0 Å². The minimum Gasteiger partial charge on any atom is -0.462 e. The van der Waals surface area contributed by atoms with Crippen molar-refractivity contribution >= 4 is 11.8 Å². The summed E-state index contributed by atoms with van der Waals surface area (Å²) in [5, 5.41) is 0. The van der Waals surface area contributed by atoms with Crippen molar-refractivity contribution in [1.82, 2.24) is 0 Å². The molecule has 0 aromatic heterocycles. The van der Waals surface area contributed by atoms with E-state index in [1.165, 1.54) is 38.5 Å². The van der Waals surface area contributed by atoms with E-state index in [0.717, 1.165) is 69.6 Å². The van der Waals surface area contributed by atoms with E-state index in [9.17, 15) is 9.59 Å². The first-order valence-corrected chi connectivity index (χ1v) is 13.7. The summed E-state index contributed by atoms with van der Waals surface area (Å²) < 4.78 is 17.8. The maximum atomic E-state index is 13.1. The number of ketones is 1. The molecular formula is C27H40O5. The van der Waals surface area contributed by atoms with Gasteiger partial charge in [-0.2, -0.15) is 0 Å². The fraction of sp³-hybridized carbons (Fsp3) is 0.926. The Labute approximate surface area is 192 Å². The fourth-order valence-electron chi connectivity index (χ4n) is 7.65. The third kappa shape index (κ3) is 4.80. The van der Waals surface area contributed by atoms with Crippen molar-refractivity contribution in [3.63, 3.8) is 0 Å². The third-order valence-electron chi connectivity index (χ3n) is 9.88. The van der Waals surface area contributed by atoms with Crippen molar-refractivity contribution in [3.05, 3.63) is 0 Å². The number of Topliss-reactive ketones (excluding diaryl/α,β-unsaturated/α-hetero) is 1. The molecular weight excluding hydrogens is 404 g/mol. The van der Waals surface area contributed by atoms with Gasteiger partial charge in [0, 0.05) is 12.8 Å². The van der Waals surface area contributed by atoms with Gasteiger partial charge in [-0.3, -0.25) is 9.59 Å². The minimum absolute atomic E-state index is 0.0415. The maximum Gasteiger partial charge on any atom is 0.309 e. The molecule has 6 rings (SSSR count). The molecule has 4 aliphatic carbocycles. The summed E-state index contributed by atoms with van der Waals surface area (Å²) in [5.74, 6) is 3.21. The van der Waals surface area contributed by atoms with Crippen LogP contribution in [0.5, 0.6) is 0 Å². The number of rotatable bonds is 6. The zero-order chi connectivity index (χ0) is 21.7. The Morgan fingerprint density at radius 1 is 0.781 bits per heavy atom. The highest BCUT2D eigenvalue weighted by molar-refractivity contribution is 5.79. The molecule has 5 nitrogen and oxygen atoms in total. The molecule has 0 spiro atoms. The second-order valence-electron chi connectivity index (χ2n) is 11.9. The molecule has 7 atom stereocenters. The smallest absolute Gasteiger partial charge is 0.309 e. The van der Waals surface area contributed by atoms with E-state index in [4.69, 9.17) is 14.2 Å². The molecule has 0 amide bonds. The van der Waals surface area contributed by atoms with Crippen LogP contribution in [0.4, 0.5) is 0 Å². The Bertz CT molecular complexity index is 703. The Morgan fingerprint density at radius 2 is 1.44 bits per heavy atom. The maximum absolute atomic E-state index is 13.1. The molecule has 0 aromatic carbocycles. The molecule has 2 heterocycles. The summed E-state index contributed by atoms with van der Waals surface area (Å²) in [7, 11) is 0. The first kappa shape index (κ1) is 21.6. The summed E-state index contributed by atoms with van der Waals surface area (Å²) >= 11 is 0. The van der Waals surface area contributed by atoms with Crippen molar-refractivity contribution in [2.24, 2.45) is 29.6 Å². The summed E-state index contributed by atoms with van der Waals surface area (Å²) in [6.45, 7) is 0. The second-order valence-corrected chi connectivity index (χ2v) is 11.9. The number of carbonyl (C=O) groups is 2. The van der Waals surface area contributed by atoms with E-state index in [-0.39, 0.29) is 18.0 Å². The van der Waals surface area contributed by atoms with Gasteiger partial charge in [-0.25, -0.2) is 0 Å². The van der Waals surface area contributed by atoms with E-state index < -0.39 is 0 Å². The van der Waals surface area contributed by atoms with Crippen LogP contribution in [0, 0.1) is 29.6 Å². The second kappa shape index (κ2) is 9.02. The highest BCUT2D eigenvalue weighted by atomic mass is 16.6. The molecule has 5 heteroatoms. The molecule has 0 radical (unpaired) electrons. The summed E-state index contributed by atoms with van der Waals surface area (Å²) in [6, 6.07) is 0. The van der Waals surface area contributed by atoms with Gasteiger partial charge in [0.1, 0.15) is 11.9 Å². The zero-order valence-electron chi connectivity index (χ0n) is 19.4. The molecule has 7 unspecified atom stereocenters. The monoisotopic (exact) mass is 444 g/mol. The van der Waals surface area contributed by atoms with Gasteiger partial charge < -0.3 is 14.2 Å². The molecule has 4 saturated carbocycles. The zero-order valence-corrected chi connectivity index (χ0v) is 19.4. The van der Waals surface area contributed by atoms with Crippen LogP contribution in [0.2, 0.25) is 0 Å². The van der Waals surface area contributed by atoms with Crippen molar-refractivity contribution in [2.75, 3.05) is 0 Å². The standard InChI is InChI=1S/C27H40O5/c28-21-9-6-18(7-10-21)17-2-4-19(5-3-17)24(13-16-1-11-22-25(14-16)30-22)32-27(29)20-8-12-23-26(15-20)31-23/h16-20,22-26H,1-15H2. The summed E-state index contributed by atoms with van der Waals surface area (Å²) in [6.07, 6.45) is 17.9. The Hall–Kier alpha value is -0.940. The SMILES string of the molecule is O=C1CCC(C2CCC(C(CC3CCC4OC4C3)OC(=O)C3CCC4OC4C3)CC2)CC1. The van der Waals surface area contributed by atoms with Gasteiger partial charge in [0.15, 0.2) is 0 Å². The molecule has 178 valence electrons. The van der Waals surface area contributed by atoms with Gasteiger partial charge in [-0.1, -0.05) is 0 Å². The lowest BCUT2D eigenvalue weighted by Gasteiger charge is -2.39. The first-order chi connectivity index (χ1) is 15.6. The van der Waals surface area contributed by atoms with E-state index in [1.807, 2.05) is 0 Å². The number of hydrogen-bond acceptors (Lipinski definition) is 5. The van der Waals surface area contributed by atoms with E-state index in [1.54, 1.807) is 0 Å². The number of hydrogen-bond donors (Lipinski definition) is 0. The van der Waals surface area contributed by atoms with E-state index >= 15 is 0 Å². The molecule has 0 N–H and O–H groups in total. The molecule has 0 aromatic rings. The number of carbonyl (C=O) groups excluding carboxylic acids is 2. The number of epoxide rings is 2. The van der Waals surface area contributed by atoms with Crippen molar-refractivity contribution in [2.45, 2.75) is 127 Å². The topological polar surface area (TPSA) is 68.4 Å². The predicted molar refractivity (Wildman–Crippen MR) is 119 cm³/mol. The van der Waals surface area contributed by atoms with Crippen molar-refractivity contribution < 1.29 is 23.8 Å². The highest BCUT2D eigenvalue weighted by Gasteiger charge is 2.48. The lowest BCUT2D eigenvalue weighted by Crippen LogP contribution is -2.36. The highest BCUT2D eigenvalue weighted by Crippen LogP contribution is 2.46. The predicted octanol–water partition coefficient (Wildman–Crippen LogP) is 4.99. The van der Waals surface area contributed by atoms with Crippen LogP contribution >= 0.6 is 0 Å². The van der Waals surface area contributed by atoms with Crippen LogP contribution in [0.25, 0.3) is 0 Å². The van der Waals surface area contributed by atoms with Crippen LogP contribution < -0.4 is 0 Å². The fourth-order valence-corrected chi connectivity index (χ4v) is 7.65. The van der Waals surface area contributed by atoms with Crippen LogP contribution in [-0.2, 0) is 23.8 Å². The molecule has 2 aliphatic heterocycles. The Kier molecular flexibility index (Phi) is 6.08. The van der Waals surface area contributed by atoms with E-state index in [2.05, 4.69) is 0 Å². The van der Waals surface area contributed by atoms with Crippen molar-refractivity contribution in [1.29, 1.82) is 0 Å². The number of fused-ring (bicyclic) bond motifs is 2. The van der Waals surface area contributed by atoms with E-state index in [0.29, 0.717) is 42.0 Å². The minimum atomic E-state index is 0.0415. The van der Waals surface area contributed by atoms with Crippen LogP contribution in [0.3, 0.4) is 0 Å². The van der Waals surface area contributed by atoms with Gasteiger partial charge in [-0.05, 0) is 107 Å². The van der Waals surface area contributed by atoms with Gasteiger partial charge in [0.05, 0.1) is 30.3 Å². The van der Waals surface area contributed by atoms with Gasteiger partial charge in [0.25, 0.3) is 0 Å². The lowest BCUT2D eigenvalue weighted by molar-refractivity contribution is -0.160. The quantitative estimate of drug-likeness (QED) is 0.426. The molecule has 6 aliphatic rings. The number of ether oxygens (including phenoxy) is 3. The third-order valence-corrected chi connectivity index (χ3v) is 9.88. The Balaban J connectivity index is 1.06. The molecule has 2 saturated heterocycles. The largest absolute Gasteiger partial charge is 0.462 e. The van der Waals surface area contributed by atoms with Crippen LogP contribution in [0.1, 0.15) is 96.3 Å². The average Bonchev–Trinajstić information content (AvgIpc) is 3.73. The average molecular weight is 445 g/mol. The number of esters is 1. The van der Waals surface area contributed by atoms with Gasteiger partial charge in [0.2, 0.25) is 0 Å². The van der Waals surface area contributed by atoms with Gasteiger partial charge in [-0.15, -0.1) is 0 Å². The summed E-state index contributed by atoms with van der Waals surface area (Å²) in [4.78, 5) is 24.8. The first-order valence-electron chi connectivity index (χ1n) is 13.7. The Morgan fingerprint density at radius 3 is 2.12 bits per heavy atom. The molecule has 32 heavy (non-hydrogen) atoms. The normalized spacial score (nSPS) is 44.8. The molecule has 6 fully saturated rings.